The molecule has 1 saturated carbocycles. The summed E-state index contributed by atoms with van der Waals surface area (Å²) in [6.45, 7) is 6.35. The lowest BCUT2D eigenvalue weighted by atomic mass is 9.99. The Labute approximate surface area is 129 Å². The van der Waals surface area contributed by atoms with E-state index >= 15 is 0 Å². The molecule has 0 amide bonds. The molecular weight excluding hydrogens is 268 g/mol. The molecule has 0 spiro atoms. The molecule has 1 saturated heterocycles. The Bertz CT molecular complexity index is 282. The van der Waals surface area contributed by atoms with Gasteiger partial charge in [-0.3, -0.25) is 4.90 Å². The highest BCUT2D eigenvalue weighted by atomic mass is 32.2. The molecule has 2 rings (SSSR count). The van der Waals surface area contributed by atoms with Crippen LogP contribution in [0.1, 0.15) is 39.0 Å². The number of rotatable bonds is 6. The van der Waals surface area contributed by atoms with E-state index in [0.29, 0.717) is 6.04 Å². The second-order valence-electron chi connectivity index (χ2n) is 6.85. The fourth-order valence-corrected chi connectivity index (χ4v) is 4.81. The second kappa shape index (κ2) is 8.02. The van der Waals surface area contributed by atoms with Crippen LogP contribution in [0.15, 0.2) is 0 Å². The van der Waals surface area contributed by atoms with Crippen LogP contribution in [0.25, 0.3) is 0 Å². The highest BCUT2D eigenvalue weighted by Gasteiger charge is 2.30. The zero-order valence-corrected chi connectivity index (χ0v) is 14.2. The standard InChI is InChI=1S/C16H32N2OS/c1-13-7-9-18(10-8-13)12-14(19)11-17(2)15-5-4-6-16(15)20-3/h13-16,19H,4-12H2,1-3H3. The van der Waals surface area contributed by atoms with Gasteiger partial charge in [0.25, 0.3) is 0 Å². The summed E-state index contributed by atoms with van der Waals surface area (Å²) in [6.07, 6.45) is 8.60. The van der Waals surface area contributed by atoms with Gasteiger partial charge in [0.05, 0.1) is 6.10 Å². The Balaban J connectivity index is 1.72. The van der Waals surface area contributed by atoms with Crippen LogP contribution in [0.2, 0.25) is 0 Å². The number of β-amino-alcohol motifs (C(OH)–C–C–N with tert-alkyl or cyclic N) is 1. The van der Waals surface area contributed by atoms with Gasteiger partial charge < -0.3 is 10.0 Å². The number of aliphatic hydroxyl groups excluding tert-OH is 1. The summed E-state index contributed by atoms with van der Waals surface area (Å²) < 4.78 is 0. The van der Waals surface area contributed by atoms with E-state index in [-0.39, 0.29) is 6.10 Å². The Morgan fingerprint density at radius 1 is 1.25 bits per heavy atom. The SMILES string of the molecule is CSC1CCCC1N(C)CC(O)CN1CCC(C)CC1. The van der Waals surface area contributed by atoms with Crippen molar-refractivity contribution in [1.29, 1.82) is 0 Å². The molecule has 2 fully saturated rings. The summed E-state index contributed by atoms with van der Waals surface area (Å²) >= 11 is 2.00. The average molecular weight is 301 g/mol. The lowest BCUT2D eigenvalue weighted by molar-refractivity contribution is 0.0583. The van der Waals surface area contributed by atoms with E-state index in [1.807, 2.05) is 11.8 Å². The van der Waals surface area contributed by atoms with Crippen LogP contribution in [0, 0.1) is 5.92 Å². The van der Waals surface area contributed by atoms with Crippen molar-refractivity contribution >= 4 is 11.8 Å². The summed E-state index contributed by atoms with van der Waals surface area (Å²) in [7, 11) is 2.20. The van der Waals surface area contributed by atoms with Crippen LogP contribution >= 0.6 is 11.8 Å². The molecule has 4 heteroatoms. The Kier molecular flexibility index (Phi) is 6.66. The van der Waals surface area contributed by atoms with Crippen molar-refractivity contribution in [3.8, 4) is 0 Å². The molecule has 0 bridgehead atoms. The summed E-state index contributed by atoms with van der Waals surface area (Å²) in [4.78, 5) is 4.85. The number of aliphatic hydroxyl groups is 1. The normalized spacial score (nSPS) is 31.1. The van der Waals surface area contributed by atoms with Crippen LogP contribution in [-0.2, 0) is 0 Å². The van der Waals surface area contributed by atoms with E-state index in [1.54, 1.807) is 0 Å². The topological polar surface area (TPSA) is 26.7 Å². The van der Waals surface area contributed by atoms with Crippen LogP contribution in [-0.4, -0.2) is 71.8 Å². The molecule has 1 aliphatic carbocycles. The molecule has 0 aromatic heterocycles. The predicted molar refractivity (Wildman–Crippen MR) is 88.4 cm³/mol. The van der Waals surface area contributed by atoms with E-state index in [4.69, 9.17) is 0 Å². The Morgan fingerprint density at radius 3 is 2.60 bits per heavy atom. The van der Waals surface area contributed by atoms with Gasteiger partial charge in [0, 0.05) is 24.4 Å². The Morgan fingerprint density at radius 2 is 1.95 bits per heavy atom. The number of likely N-dealkylation sites (N-methyl/N-ethyl adjacent to an activating group) is 1. The van der Waals surface area contributed by atoms with Crippen LogP contribution in [0.5, 0.6) is 0 Å². The van der Waals surface area contributed by atoms with Crippen molar-refractivity contribution < 1.29 is 5.11 Å². The minimum atomic E-state index is -0.198. The lowest BCUT2D eigenvalue weighted by Gasteiger charge is -2.34. The number of likely N-dealkylation sites (tertiary alicyclic amines) is 1. The van der Waals surface area contributed by atoms with E-state index in [0.717, 1.165) is 24.3 Å². The van der Waals surface area contributed by atoms with Gasteiger partial charge in [-0.05, 0) is 58.0 Å². The molecule has 3 nitrogen and oxygen atoms in total. The summed E-state index contributed by atoms with van der Waals surface area (Å²) in [5.74, 6) is 0.867. The first-order valence-electron chi connectivity index (χ1n) is 8.23. The van der Waals surface area contributed by atoms with Crippen LogP contribution in [0.3, 0.4) is 0 Å². The lowest BCUT2D eigenvalue weighted by Crippen LogP contribution is -2.45. The highest BCUT2D eigenvalue weighted by molar-refractivity contribution is 7.99. The van der Waals surface area contributed by atoms with Crippen molar-refractivity contribution in [3.63, 3.8) is 0 Å². The highest BCUT2D eigenvalue weighted by Crippen LogP contribution is 2.31. The smallest absolute Gasteiger partial charge is 0.0793 e. The van der Waals surface area contributed by atoms with Crippen molar-refractivity contribution in [2.45, 2.75) is 56.4 Å². The van der Waals surface area contributed by atoms with Gasteiger partial charge in [-0.2, -0.15) is 11.8 Å². The molecule has 2 aliphatic rings. The maximum absolute atomic E-state index is 10.4. The van der Waals surface area contributed by atoms with Gasteiger partial charge >= 0.3 is 0 Å². The first-order valence-corrected chi connectivity index (χ1v) is 9.52. The number of piperidine rings is 1. The Hall–Kier alpha value is 0.230. The van der Waals surface area contributed by atoms with Gasteiger partial charge in [0.2, 0.25) is 0 Å². The monoisotopic (exact) mass is 300 g/mol. The molecule has 0 aromatic carbocycles. The molecule has 3 unspecified atom stereocenters. The molecule has 3 atom stereocenters. The molecule has 0 radical (unpaired) electrons. The van der Waals surface area contributed by atoms with E-state index < -0.39 is 0 Å². The largest absolute Gasteiger partial charge is 0.390 e. The van der Waals surface area contributed by atoms with Gasteiger partial charge in [-0.25, -0.2) is 0 Å². The van der Waals surface area contributed by atoms with Gasteiger partial charge in [-0.15, -0.1) is 0 Å². The van der Waals surface area contributed by atoms with Crippen LogP contribution in [0.4, 0.5) is 0 Å². The van der Waals surface area contributed by atoms with Gasteiger partial charge in [0.1, 0.15) is 0 Å². The van der Waals surface area contributed by atoms with E-state index in [9.17, 15) is 5.11 Å². The summed E-state index contributed by atoms with van der Waals surface area (Å²) in [5, 5.41) is 11.1. The van der Waals surface area contributed by atoms with Crippen molar-refractivity contribution in [3.05, 3.63) is 0 Å². The maximum atomic E-state index is 10.4. The van der Waals surface area contributed by atoms with E-state index in [1.165, 1.54) is 45.2 Å². The zero-order valence-electron chi connectivity index (χ0n) is 13.4. The first kappa shape index (κ1) is 16.6. The summed E-state index contributed by atoms with van der Waals surface area (Å²) in [6, 6.07) is 0.668. The van der Waals surface area contributed by atoms with Gasteiger partial charge in [-0.1, -0.05) is 13.3 Å². The van der Waals surface area contributed by atoms with Crippen molar-refractivity contribution in [1.82, 2.24) is 9.80 Å². The first-order chi connectivity index (χ1) is 9.60. The molecule has 0 aromatic rings. The fraction of sp³-hybridized carbons (Fsp3) is 1.00. The molecule has 1 N–H and O–H groups in total. The molecule has 1 aliphatic heterocycles. The van der Waals surface area contributed by atoms with Crippen LogP contribution < -0.4 is 0 Å². The van der Waals surface area contributed by atoms with Crippen molar-refractivity contribution in [2.24, 2.45) is 5.92 Å². The third-order valence-electron chi connectivity index (χ3n) is 5.13. The third-order valence-corrected chi connectivity index (χ3v) is 6.29. The van der Waals surface area contributed by atoms with E-state index in [2.05, 4.69) is 30.0 Å². The minimum absolute atomic E-state index is 0.198. The quantitative estimate of drug-likeness (QED) is 0.814. The zero-order chi connectivity index (χ0) is 14.5. The molecule has 118 valence electrons. The number of hydrogen-bond donors (Lipinski definition) is 1. The van der Waals surface area contributed by atoms with Crippen molar-refractivity contribution in [2.75, 3.05) is 39.5 Å². The maximum Gasteiger partial charge on any atom is 0.0793 e. The van der Waals surface area contributed by atoms with Gasteiger partial charge in [0.15, 0.2) is 0 Å². The third kappa shape index (κ3) is 4.62. The average Bonchev–Trinajstić information content (AvgIpc) is 2.89. The number of hydrogen-bond acceptors (Lipinski definition) is 4. The fourth-order valence-electron chi connectivity index (χ4n) is 3.75. The minimum Gasteiger partial charge on any atom is -0.390 e. The molecular formula is C16H32N2OS. The summed E-state index contributed by atoms with van der Waals surface area (Å²) in [5.41, 5.74) is 0. The molecule has 1 heterocycles. The second-order valence-corrected chi connectivity index (χ2v) is 7.93. The number of thioether (sulfide) groups is 1. The molecule has 20 heavy (non-hydrogen) atoms. The number of nitrogens with zero attached hydrogens (tertiary/aromatic N) is 2. The predicted octanol–water partition coefficient (Wildman–Crippen LogP) is 2.30.